The van der Waals surface area contributed by atoms with Crippen LogP contribution >= 0.6 is 0 Å². The van der Waals surface area contributed by atoms with Crippen molar-refractivity contribution in [3.8, 4) is 17.0 Å². The van der Waals surface area contributed by atoms with Crippen LogP contribution < -0.4 is 20.7 Å². The van der Waals surface area contributed by atoms with Gasteiger partial charge in [0, 0.05) is 42.3 Å². The molecule has 0 spiro atoms. The molecule has 0 aliphatic heterocycles. The van der Waals surface area contributed by atoms with Crippen LogP contribution in [0.1, 0.15) is 22.8 Å². The summed E-state index contributed by atoms with van der Waals surface area (Å²) in [7, 11) is 2.59. The molecule has 0 radical (unpaired) electrons. The minimum absolute atomic E-state index is 0.0298. The van der Waals surface area contributed by atoms with E-state index >= 15 is 0 Å². The molecule has 3 N–H and O–H groups in total. The molecule has 222 valence electrons. The van der Waals surface area contributed by atoms with Gasteiger partial charge < -0.3 is 30.2 Å². The maximum Gasteiger partial charge on any atom is 0.319 e. The number of amides is 1. The molecule has 1 amide bonds. The van der Waals surface area contributed by atoms with Gasteiger partial charge in [0.25, 0.3) is 5.91 Å². The van der Waals surface area contributed by atoms with E-state index < -0.39 is 11.6 Å². The zero-order valence-electron chi connectivity index (χ0n) is 23.5. The number of nitrogens with one attached hydrogen (secondary N) is 3. The number of rotatable bonds is 14. The predicted octanol–water partition coefficient (Wildman–Crippen LogP) is 3.50. The van der Waals surface area contributed by atoms with Crippen LogP contribution in [-0.4, -0.2) is 73.3 Å². The maximum absolute atomic E-state index is 14.8. The van der Waals surface area contributed by atoms with Crippen molar-refractivity contribution in [1.29, 1.82) is 0 Å². The van der Waals surface area contributed by atoms with E-state index in [4.69, 9.17) is 9.47 Å². The zero-order valence-corrected chi connectivity index (χ0v) is 23.5. The summed E-state index contributed by atoms with van der Waals surface area (Å²) in [4.78, 5) is 32.6. The van der Waals surface area contributed by atoms with E-state index in [2.05, 4.69) is 30.7 Å². The van der Waals surface area contributed by atoms with Crippen molar-refractivity contribution in [3.63, 3.8) is 0 Å². The van der Waals surface area contributed by atoms with Crippen molar-refractivity contribution < 1.29 is 32.6 Å². The Bertz CT molecular complexity index is 1560. The second-order valence-corrected chi connectivity index (χ2v) is 9.03. The molecule has 2 heterocycles. The Balaban J connectivity index is 1.40. The molecule has 0 aliphatic rings. The third-order valence-corrected chi connectivity index (χ3v) is 6.42. The van der Waals surface area contributed by atoms with Gasteiger partial charge in [-0.3, -0.25) is 14.0 Å². The molecule has 2 aromatic heterocycles. The average molecular weight is 583 g/mol. The molecule has 0 fully saturated rings. The number of hydrogen-bond acceptors (Lipinski definition) is 9. The third kappa shape index (κ3) is 6.98. The summed E-state index contributed by atoms with van der Waals surface area (Å²) in [5.41, 5.74) is 2.81. The minimum atomic E-state index is -1.08. The normalized spacial score (nSPS) is 11.0. The Kier molecular flexibility index (Phi) is 10.3. The van der Waals surface area contributed by atoms with Gasteiger partial charge in [0.15, 0.2) is 23.0 Å². The maximum atomic E-state index is 14.8. The van der Waals surface area contributed by atoms with Crippen LogP contribution in [0.4, 0.5) is 20.3 Å². The first-order chi connectivity index (χ1) is 20.4. The van der Waals surface area contributed by atoms with Gasteiger partial charge in [-0.05, 0) is 42.3 Å². The number of hydrogen-bond donors (Lipinski definition) is 3. The van der Waals surface area contributed by atoms with E-state index in [0.29, 0.717) is 61.1 Å². The van der Waals surface area contributed by atoms with E-state index in [1.54, 1.807) is 22.7 Å². The standard InChI is InChI=1S/C29H32F2N6O5/c1-4-18-15-19(5-6-20(18)29(39)34-11-14-42-13-10-32-17-24(38)41-3)36-27-28-35-16-22(37(28)12-9-33-27)21-7-8-23(40-2)26(31)25(21)30/h5-9,12,15-16,32H,4,10-11,13-14,17H2,1-3H3,(H,33,36)(H,34,39). The predicted molar refractivity (Wildman–Crippen MR) is 152 cm³/mol. The van der Waals surface area contributed by atoms with Gasteiger partial charge in [0.1, 0.15) is 0 Å². The van der Waals surface area contributed by atoms with Gasteiger partial charge >= 0.3 is 5.97 Å². The van der Waals surface area contributed by atoms with Crippen molar-refractivity contribution >= 4 is 29.0 Å². The summed E-state index contributed by atoms with van der Waals surface area (Å²) in [5, 5.41) is 8.96. The van der Waals surface area contributed by atoms with Gasteiger partial charge in [0.05, 0.1) is 45.9 Å². The number of anilines is 2. The number of halogens is 2. The highest BCUT2D eigenvalue weighted by Gasteiger charge is 2.19. The van der Waals surface area contributed by atoms with E-state index in [1.165, 1.54) is 38.7 Å². The molecule has 2 aromatic carbocycles. The fourth-order valence-corrected chi connectivity index (χ4v) is 4.26. The molecule has 0 bridgehead atoms. The molecular formula is C29H32F2N6O5. The average Bonchev–Trinajstić information content (AvgIpc) is 3.44. The topological polar surface area (TPSA) is 128 Å². The van der Waals surface area contributed by atoms with Gasteiger partial charge in [-0.1, -0.05) is 6.92 Å². The SMILES string of the molecule is CCc1cc(Nc2nccn3c(-c4ccc(OC)c(F)c4F)cnc23)ccc1C(=O)NCCOCCNCC(=O)OC. The summed E-state index contributed by atoms with van der Waals surface area (Å²) in [6.07, 6.45) is 5.18. The smallest absolute Gasteiger partial charge is 0.319 e. The first-order valence-electron chi connectivity index (χ1n) is 13.3. The quantitative estimate of drug-likeness (QED) is 0.151. The molecule has 11 nitrogen and oxygen atoms in total. The van der Waals surface area contributed by atoms with E-state index in [1.807, 2.05) is 13.0 Å². The Hall–Kier alpha value is -4.62. The molecule has 0 atom stereocenters. The fraction of sp³-hybridized carbons (Fsp3) is 0.310. The number of nitrogens with zero attached hydrogens (tertiary/aromatic N) is 3. The summed E-state index contributed by atoms with van der Waals surface area (Å²) >= 11 is 0. The zero-order chi connectivity index (χ0) is 30.1. The number of esters is 1. The van der Waals surface area contributed by atoms with Crippen molar-refractivity contribution in [2.75, 3.05) is 52.4 Å². The van der Waals surface area contributed by atoms with Crippen molar-refractivity contribution in [2.24, 2.45) is 0 Å². The summed E-state index contributed by atoms with van der Waals surface area (Å²) in [6.45, 7) is 3.58. The van der Waals surface area contributed by atoms with Crippen molar-refractivity contribution in [2.45, 2.75) is 13.3 Å². The number of ether oxygens (including phenoxy) is 3. The van der Waals surface area contributed by atoms with Crippen LogP contribution in [0.15, 0.2) is 48.9 Å². The van der Waals surface area contributed by atoms with E-state index in [9.17, 15) is 18.4 Å². The first-order valence-corrected chi connectivity index (χ1v) is 13.3. The lowest BCUT2D eigenvalue weighted by molar-refractivity contribution is -0.139. The van der Waals surface area contributed by atoms with Gasteiger partial charge in [-0.2, -0.15) is 4.39 Å². The Labute approximate surface area is 241 Å². The molecule has 0 unspecified atom stereocenters. The highest BCUT2D eigenvalue weighted by atomic mass is 19.2. The van der Waals surface area contributed by atoms with Gasteiger partial charge in [-0.25, -0.2) is 14.4 Å². The second-order valence-electron chi connectivity index (χ2n) is 9.03. The van der Waals surface area contributed by atoms with Crippen LogP contribution in [0.3, 0.4) is 0 Å². The second kappa shape index (κ2) is 14.3. The van der Waals surface area contributed by atoms with Crippen LogP contribution in [0.25, 0.3) is 16.9 Å². The lowest BCUT2D eigenvalue weighted by Crippen LogP contribution is -2.30. The minimum Gasteiger partial charge on any atom is -0.494 e. The van der Waals surface area contributed by atoms with Crippen LogP contribution in [0.2, 0.25) is 0 Å². The van der Waals surface area contributed by atoms with Crippen LogP contribution in [0, 0.1) is 11.6 Å². The number of benzene rings is 2. The number of carbonyl (C=O) groups excluding carboxylic acids is 2. The lowest BCUT2D eigenvalue weighted by Gasteiger charge is -2.13. The summed E-state index contributed by atoms with van der Waals surface area (Å²) in [6, 6.07) is 8.12. The molecule has 0 saturated carbocycles. The van der Waals surface area contributed by atoms with E-state index in [0.717, 1.165) is 5.56 Å². The number of aromatic nitrogens is 3. The van der Waals surface area contributed by atoms with Gasteiger partial charge in [-0.15, -0.1) is 0 Å². The van der Waals surface area contributed by atoms with Crippen molar-refractivity contribution in [3.05, 3.63) is 71.7 Å². The summed E-state index contributed by atoms with van der Waals surface area (Å²) < 4.78 is 45.6. The number of methoxy groups -OCH3 is 2. The third-order valence-electron chi connectivity index (χ3n) is 6.42. The number of imidazole rings is 1. The molecular weight excluding hydrogens is 550 g/mol. The highest BCUT2D eigenvalue weighted by molar-refractivity contribution is 5.96. The highest BCUT2D eigenvalue weighted by Crippen LogP contribution is 2.31. The number of aryl methyl sites for hydroxylation is 1. The summed E-state index contributed by atoms with van der Waals surface area (Å²) in [5.74, 6) is -2.48. The monoisotopic (exact) mass is 582 g/mol. The first kappa shape index (κ1) is 30.3. The molecule has 13 heteroatoms. The van der Waals surface area contributed by atoms with Crippen molar-refractivity contribution in [1.82, 2.24) is 25.0 Å². The Morgan fingerprint density at radius 2 is 1.83 bits per heavy atom. The fourth-order valence-electron chi connectivity index (χ4n) is 4.26. The number of carbonyl (C=O) groups is 2. The Morgan fingerprint density at radius 1 is 1.02 bits per heavy atom. The van der Waals surface area contributed by atoms with Crippen LogP contribution in [-0.2, 0) is 20.7 Å². The molecule has 42 heavy (non-hydrogen) atoms. The molecule has 4 rings (SSSR count). The Morgan fingerprint density at radius 3 is 2.60 bits per heavy atom. The largest absolute Gasteiger partial charge is 0.494 e. The molecule has 4 aromatic rings. The van der Waals surface area contributed by atoms with Gasteiger partial charge in [0.2, 0.25) is 5.82 Å². The van der Waals surface area contributed by atoms with E-state index in [-0.39, 0.29) is 29.7 Å². The molecule has 0 aliphatic carbocycles. The van der Waals surface area contributed by atoms with Crippen LogP contribution in [0.5, 0.6) is 5.75 Å². The lowest BCUT2D eigenvalue weighted by atomic mass is 10.0. The molecule has 0 saturated heterocycles. The number of fused-ring (bicyclic) bond motifs is 1.